The molecule has 1 fully saturated rings. The van der Waals surface area contributed by atoms with Crippen molar-refractivity contribution in [1.82, 2.24) is 10.6 Å². The van der Waals surface area contributed by atoms with Crippen LogP contribution in [0.3, 0.4) is 0 Å². The standard InChI is InChI=1S/C16H22N2O2/c19-11-16(6-1-2-7-16)18-15(20)13-4-3-12-5-8-17-10-14(12)9-13/h3-4,9,17,19H,1-2,5-8,10-11H2,(H,18,20). The molecule has 2 aliphatic rings. The molecule has 1 aromatic rings. The van der Waals surface area contributed by atoms with Crippen molar-refractivity contribution >= 4 is 5.91 Å². The molecule has 3 rings (SSSR count). The second-order valence-electron chi connectivity index (χ2n) is 6.01. The van der Waals surface area contributed by atoms with E-state index in [0.717, 1.165) is 45.2 Å². The zero-order valence-electron chi connectivity index (χ0n) is 11.7. The molecular weight excluding hydrogens is 252 g/mol. The van der Waals surface area contributed by atoms with E-state index in [4.69, 9.17) is 0 Å². The smallest absolute Gasteiger partial charge is 0.251 e. The van der Waals surface area contributed by atoms with E-state index in [2.05, 4.69) is 16.7 Å². The number of amides is 1. The van der Waals surface area contributed by atoms with Crippen molar-refractivity contribution in [2.45, 2.75) is 44.2 Å². The van der Waals surface area contributed by atoms with Crippen LogP contribution in [0.2, 0.25) is 0 Å². The number of rotatable bonds is 3. The number of aliphatic hydroxyl groups is 1. The van der Waals surface area contributed by atoms with Crippen molar-refractivity contribution in [3.05, 3.63) is 34.9 Å². The van der Waals surface area contributed by atoms with E-state index in [9.17, 15) is 9.90 Å². The fourth-order valence-electron chi connectivity index (χ4n) is 3.31. The third-order valence-corrected chi connectivity index (χ3v) is 4.60. The number of carbonyl (C=O) groups excluding carboxylic acids is 1. The fraction of sp³-hybridized carbons (Fsp3) is 0.562. The van der Waals surface area contributed by atoms with E-state index < -0.39 is 5.54 Å². The third-order valence-electron chi connectivity index (χ3n) is 4.60. The highest BCUT2D eigenvalue weighted by Crippen LogP contribution is 2.29. The van der Waals surface area contributed by atoms with E-state index in [-0.39, 0.29) is 12.5 Å². The molecule has 1 aliphatic heterocycles. The maximum absolute atomic E-state index is 12.4. The second kappa shape index (κ2) is 5.54. The molecule has 4 heteroatoms. The minimum atomic E-state index is -0.398. The molecule has 1 amide bonds. The lowest BCUT2D eigenvalue weighted by Crippen LogP contribution is -2.49. The predicted octanol–water partition coefficient (Wildman–Crippen LogP) is 1.37. The van der Waals surface area contributed by atoms with Crippen molar-refractivity contribution in [3.8, 4) is 0 Å². The number of nitrogens with one attached hydrogen (secondary N) is 2. The van der Waals surface area contributed by atoms with Crippen LogP contribution in [0, 0.1) is 0 Å². The number of benzene rings is 1. The summed E-state index contributed by atoms with van der Waals surface area (Å²) in [6, 6.07) is 5.95. The lowest BCUT2D eigenvalue weighted by atomic mass is 9.96. The third kappa shape index (κ3) is 2.58. The molecular formula is C16H22N2O2. The van der Waals surface area contributed by atoms with E-state index >= 15 is 0 Å². The lowest BCUT2D eigenvalue weighted by molar-refractivity contribution is 0.0838. The van der Waals surface area contributed by atoms with Crippen LogP contribution in [-0.2, 0) is 13.0 Å². The van der Waals surface area contributed by atoms with Gasteiger partial charge >= 0.3 is 0 Å². The normalized spacial score (nSPS) is 20.4. The summed E-state index contributed by atoms with van der Waals surface area (Å²) >= 11 is 0. The van der Waals surface area contributed by atoms with Crippen molar-refractivity contribution in [2.24, 2.45) is 0 Å². The summed E-state index contributed by atoms with van der Waals surface area (Å²) in [5.41, 5.74) is 2.85. The highest BCUT2D eigenvalue weighted by molar-refractivity contribution is 5.95. The Morgan fingerprint density at radius 1 is 1.30 bits per heavy atom. The highest BCUT2D eigenvalue weighted by atomic mass is 16.3. The van der Waals surface area contributed by atoms with Gasteiger partial charge in [-0.05, 0) is 49.1 Å². The Balaban J connectivity index is 1.77. The van der Waals surface area contributed by atoms with Crippen molar-refractivity contribution in [2.75, 3.05) is 13.2 Å². The number of fused-ring (bicyclic) bond motifs is 1. The molecule has 108 valence electrons. The first kappa shape index (κ1) is 13.6. The molecule has 0 bridgehead atoms. The van der Waals surface area contributed by atoms with E-state index in [1.54, 1.807) is 0 Å². The fourth-order valence-corrected chi connectivity index (χ4v) is 3.31. The maximum atomic E-state index is 12.4. The summed E-state index contributed by atoms with van der Waals surface area (Å²) < 4.78 is 0. The molecule has 0 spiro atoms. The molecule has 1 aromatic carbocycles. The predicted molar refractivity (Wildman–Crippen MR) is 77.6 cm³/mol. The van der Waals surface area contributed by atoms with Crippen LogP contribution in [0.1, 0.15) is 47.2 Å². The zero-order chi connectivity index (χ0) is 14.0. The number of hydrogen-bond donors (Lipinski definition) is 3. The van der Waals surface area contributed by atoms with Crippen LogP contribution in [0.4, 0.5) is 0 Å². The van der Waals surface area contributed by atoms with Gasteiger partial charge < -0.3 is 15.7 Å². The topological polar surface area (TPSA) is 61.4 Å². The Morgan fingerprint density at radius 3 is 2.85 bits per heavy atom. The van der Waals surface area contributed by atoms with Gasteiger partial charge in [0.1, 0.15) is 0 Å². The molecule has 1 heterocycles. The van der Waals surface area contributed by atoms with Gasteiger partial charge in [-0.3, -0.25) is 4.79 Å². The largest absolute Gasteiger partial charge is 0.394 e. The van der Waals surface area contributed by atoms with Gasteiger partial charge in [-0.1, -0.05) is 18.9 Å². The van der Waals surface area contributed by atoms with Gasteiger partial charge in [0.15, 0.2) is 0 Å². The van der Waals surface area contributed by atoms with E-state index in [1.807, 2.05) is 12.1 Å². The molecule has 0 radical (unpaired) electrons. The zero-order valence-corrected chi connectivity index (χ0v) is 11.7. The van der Waals surface area contributed by atoms with Gasteiger partial charge in [-0.15, -0.1) is 0 Å². The first-order valence-electron chi connectivity index (χ1n) is 7.48. The number of aliphatic hydroxyl groups excluding tert-OH is 1. The molecule has 0 unspecified atom stereocenters. The first-order chi connectivity index (χ1) is 9.72. The summed E-state index contributed by atoms with van der Waals surface area (Å²) in [4.78, 5) is 12.4. The number of carbonyl (C=O) groups is 1. The average Bonchev–Trinajstić information content (AvgIpc) is 2.96. The Hall–Kier alpha value is -1.39. The summed E-state index contributed by atoms with van der Waals surface area (Å²) in [5.74, 6) is -0.0608. The van der Waals surface area contributed by atoms with Gasteiger partial charge in [0, 0.05) is 12.1 Å². The van der Waals surface area contributed by atoms with Crippen LogP contribution >= 0.6 is 0 Å². The van der Waals surface area contributed by atoms with Crippen LogP contribution in [0.15, 0.2) is 18.2 Å². The maximum Gasteiger partial charge on any atom is 0.251 e. The van der Waals surface area contributed by atoms with Crippen molar-refractivity contribution in [3.63, 3.8) is 0 Å². The monoisotopic (exact) mass is 274 g/mol. The summed E-state index contributed by atoms with van der Waals surface area (Å²) in [5, 5.41) is 16.0. The van der Waals surface area contributed by atoms with Gasteiger partial charge in [0.2, 0.25) is 0 Å². The van der Waals surface area contributed by atoms with Crippen molar-refractivity contribution < 1.29 is 9.90 Å². The molecule has 3 N–H and O–H groups in total. The molecule has 0 aromatic heterocycles. The molecule has 4 nitrogen and oxygen atoms in total. The minimum Gasteiger partial charge on any atom is -0.394 e. The number of hydrogen-bond acceptors (Lipinski definition) is 3. The molecule has 1 aliphatic carbocycles. The van der Waals surface area contributed by atoms with Crippen LogP contribution in [-0.4, -0.2) is 29.7 Å². The van der Waals surface area contributed by atoms with E-state index in [1.165, 1.54) is 11.1 Å². The van der Waals surface area contributed by atoms with E-state index in [0.29, 0.717) is 5.56 Å². The molecule has 20 heavy (non-hydrogen) atoms. The van der Waals surface area contributed by atoms with Gasteiger partial charge in [0.25, 0.3) is 5.91 Å². The Morgan fingerprint density at radius 2 is 2.10 bits per heavy atom. The van der Waals surface area contributed by atoms with Gasteiger partial charge in [-0.2, -0.15) is 0 Å². The van der Waals surface area contributed by atoms with Gasteiger partial charge in [0.05, 0.1) is 12.1 Å². The SMILES string of the molecule is O=C(NC1(CO)CCCC1)c1ccc2c(c1)CNCC2. The van der Waals surface area contributed by atoms with Gasteiger partial charge in [-0.25, -0.2) is 0 Å². The second-order valence-corrected chi connectivity index (χ2v) is 6.01. The summed E-state index contributed by atoms with van der Waals surface area (Å²) in [6.07, 6.45) is 4.94. The Bertz CT molecular complexity index is 507. The lowest BCUT2D eigenvalue weighted by Gasteiger charge is -2.28. The van der Waals surface area contributed by atoms with Crippen LogP contribution in [0.25, 0.3) is 0 Å². The average molecular weight is 274 g/mol. The molecule has 0 saturated heterocycles. The highest BCUT2D eigenvalue weighted by Gasteiger charge is 2.34. The van der Waals surface area contributed by atoms with Crippen LogP contribution in [0.5, 0.6) is 0 Å². The Kier molecular flexibility index (Phi) is 3.76. The molecule has 0 atom stereocenters. The Labute approximate surface area is 119 Å². The summed E-state index contributed by atoms with van der Waals surface area (Å²) in [7, 11) is 0. The summed E-state index contributed by atoms with van der Waals surface area (Å²) in [6.45, 7) is 1.87. The van der Waals surface area contributed by atoms with Crippen molar-refractivity contribution in [1.29, 1.82) is 0 Å². The minimum absolute atomic E-state index is 0.0330. The van der Waals surface area contributed by atoms with Crippen LogP contribution < -0.4 is 10.6 Å². The quantitative estimate of drug-likeness (QED) is 0.780. The molecule has 1 saturated carbocycles. The first-order valence-corrected chi connectivity index (χ1v) is 7.48.